The molecule has 1 heterocycles. The van der Waals surface area contributed by atoms with Crippen molar-refractivity contribution in [1.29, 1.82) is 0 Å². The maximum absolute atomic E-state index is 9.21. The van der Waals surface area contributed by atoms with Crippen LogP contribution in [0, 0.1) is 3.57 Å². The van der Waals surface area contributed by atoms with Crippen molar-refractivity contribution in [3.63, 3.8) is 0 Å². The molecule has 0 aliphatic rings. The summed E-state index contributed by atoms with van der Waals surface area (Å²) < 4.78 is 2.70. The lowest BCUT2D eigenvalue weighted by atomic mass is 10.2. The Labute approximate surface area is 106 Å². The number of aliphatic hydroxyl groups excluding tert-OH is 1. The number of nitrogens with zero attached hydrogens (tertiary/aromatic N) is 2. The van der Waals surface area contributed by atoms with Crippen LogP contribution >= 0.6 is 34.2 Å². The highest BCUT2D eigenvalue weighted by Gasteiger charge is 2.09. The van der Waals surface area contributed by atoms with Gasteiger partial charge < -0.3 is 5.11 Å². The molecular weight excluding hydrogens is 326 g/mol. The summed E-state index contributed by atoms with van der Waals surface area (Å²) in [7, 11) is 0. The first kappa shape index (κ1) is 10.9. The minimum absolute atomic E-state index is 0.0493. The van der Waals surface area contributed by atoms with Crippen molar-refractivity contribution in [1.82, 2.24) is 9.78 Å². The zero-order valence-electron chi connectivity index (χ0n) is 7.69. The van der Waals surface area contributed by atoms with E-state index >= 15 is 0 Å². The molecule has 2 rings (SSSR count). The minimum atomic E-state index is -0.0493. The van der Waals surface area contributed by atoms with E-state index in [1.807, 2.05) is 18.3 Å². The monoisotopic (exact) mass is 334 g/mol. The summed E-state index contributed by atoms with van der Waals surface area (Å²) in [6.07, 6.45) is 3.60. The van der Waals surface area contributed by atoms with Crippen LogP contribution in [0.4, 0.5) is 0 Å². The van der Waals surface area contributed by atoms with Gasteiger partial charge in [0.15, 0.2) is 0 Å². The molecule has 5 heteroatoms. The molecule has 0 radical (unpaired) electrons. The van der Waals surface area contributed by atoms with Crippen LogP contribution in [-0.2, 0) is 6.61 Å². The quantitative estimate of drug-likeness (QED) is 0.858. The number of aliphatic hydroxyl groups is 1. The van der Waals surface area contributed by atoms with Crippen LogP contribution in [-0.4, -0.2) is 14.9 Å². The topological polar surface area (TPSA) is 38.0 Å². The van der Waals surface area contributed by atoms with Crippen molar-refractivity contribution in [2.45, 2.75) is 6.61 Å². The van der Waals surface area contributed by atoms with Crippen LogP contribution in [0.2, 0.25) is 5.02 Å². The maximum Gasteiger partial charge on any atom is 0.0887 e. The first-order valence-corrected chi connectivity index (χ1v) is 5.77. The standard InChI is InChI=1S/C10H8ClIN2O/c11-9-3-1-2-7(6-15)10(9)14-5-8(12)4-13-14/h1-5,15H,6H2. The van der Waals surface area contributed by atoms with Gasteiger partial charge in [0.2, 0.25) is 0 Å². The number of hydrogen-bond donors (Lipinski definition) is 1. The van der Waals surface area contributed by atoms with Gasteiger partial charge in [0.1, 0.15) is 0 Å². The molecule has 1 N–H and O–H groups in total. The number of para-hydroxylation sites is 1. The molecule has 0 saturated heterocycles. The fourth-order valence-electron chi connectivity index (χ4n) is 1.37. The molecule has 0 amide bonds. The number of benzene rings is 1. The van der Waals surface area contributed by atoms with E-state index in [2.05, 4.69) is 27.7 Å². The van der Waals surface area contributed by atoms with Gasteiger partial charge in [-0.25, -0.2) is 4.68 Å². The number of aromatic nitrogens is 2. The Morgan fingerprint density at radius 2 is 2.27 bits per heavy atom. The molecule has 0 atom stereocenters. The van der Waals surface area contributed by atoms with Gasteiger partial charge in [-0.15, -0.1) is 0 Å². The summed E-state index contributed by atoms with van der Waals surface area (Å²) in [6.45, 7) is -0.0493. The summed E-state index contributed by atoms with van der Waals surface area (Å²) in [5, 5.41) is 14.0. The van der Waals surface area contributed by atoms with Gasteiger partial charge in [0.25, 0.3) is 0 Å². The SMILES string of the molecule is OCc1cccc(Cl)c1-n1cc(I)cn1. The summed E-state index contributed by atoms with van der Waals surface area (Å²) in [5.74, 6) is 0. The van der Waals surface area contributed by atoms with Crippen molar-refractivity contribution in [2.75, 3.05) is 0 Å². The maximum atomic E-state index is 9.21. The molecule has 1 aromatic carbocycles. The largest absolute Gasteiger partial charge is 0.392 e. The first-order chi connectivity index (χ1) is 7.22. The van der Waals surface area contributed by atoms with E-state index in [4.69, 9.17) is 11.6 Å². The lowest BCUT2D eigenvalue weighted by molar-refractivity contribution is 0.281. The fraction of sp³-hybridized carbons (Fsp3) is 0.100. The number of halogens is 2. The highest BCUT2D eigenvalue weighted by atomic mass is 127. The van der Waals surface area contributed by atoms with Crippen molar-refractivity contribution < 1.29 is 5.11 Å². The van der Waals surface area contributed by atoms with E-state index in [-0.39, 0.29) is 6.61 Å². The van der Waals surface area contributed by atoms with E-state index in [0.717, 1.165) is 14.8 Å². The second-order valence-corrected chi connectivity index (χ2v) is 4.66. The summed E-state index contributed by atoms with van der Waals surface area (Å²) in [4.78, 5) is 0. The van der Waals surface area contributed by atoms with Crippen LogP contribution in [0.5, 0.6) is 0 Å². The van der Waals surface area contributed by atoms with Gasteiger partial charge in [-0.05, 0) is 28.7 Å². The molecule has 78 valence electrons. The average molecular weight is 335 g/mol. The summed E-state index contributed by atoms with van der Waals surface area (Å²) >= 11 is 8.25. The highest BCUT2D eigenvalue weighted by molar-refractivity contribution is 14.1. The molecule has 0 aliphatic heterocycles. The molecule has 0 unspecified atom stereocenters. The van der Waals surface area contributed by atoms with Crippen molar-refractivity contribution >= 4 is 34.2 Å². The third-order valence-electron chi connectivity index (χ3n) is 2.02. The van der Waals surface area contributed by atoms with Crippen LogP contribution < -0.4 is 0 Å². The van der Waals surface area contributed by atoms with E-state index in [0.29, 0.717) is 5.02 Å². The Morgan fingerprint density at radius 1 is 1.47 bits per heavy atom. The predicted octanol–water partition coefficient (Wildman–Crippen LogP) is 2.62. The van der Waals surface area contributed by atoms with Crippen molar-refractivity contribution in [3.8, 4) is 5.69 Å². The van der Waals surface area contributed by atoms with Gasteiger partial charge in [0.05, 0.1) is 27.1 Å². The lowest BCUT2D eigenvalue weighted by Gasteiger charge is -2.08. The average Bonchev–Trinajstić information content (AvgIpc) is 2.64. The van der Waals surface area contributed by atoms with Crippen LogP contribution in [0.3, 0.4) is 0 Å². The molecule has 15 heavy (non-hydrogen) atoms. The van der Waals surface area contributed by atoms with Crippen molar-refractivity contribution in [3.05, 3.63) is 44.7 Å². The van der Waals surface area contributed by atoms with Gasteiger partial charge in [-0.1, -0.05) is 23.7 Å². The van der Waals surface area contributed by atoms with Crippen LogP contribution in [0.1, 0.15) is 5.56 Å². The lowest BCUT2D eigenvalue weighted by Crippen LogP contribution is -2.01. The smallest absolute Gasteiger partial charge is 0.0887 e. The molecule has 0 aliphatic carbocycles. The zero-order chi connectivity index (χ0) is 10.8. The van der Waals surface area contributed by atoms with Gasteiger partial charge in [-0.3, -0.25) is 0 Å². The Bertz CT molecular complexity index is 484. The molecule has 0 bridgehead atoms. The summed E-state index contributed by atoms with van der Waals surface area (Å²) in [6, 6.07) is 5.42. The van der Waals surface area contributed by atoms with Gasteiger partial charge in [-0.2, -0.15) is 5.10 Å². The van der Waals surface area contributed by atoms with Gasteiger partial charge >= 0.3 is 0 Å². The number of rotatable bonds is 2. The summed E-state index contributed by atoms with van der Waals surface area (Å²) in [5.41, 5.74) is 1.51. The Hall–Kier alpha value is -0.590. The third-order valence-corrected chi connectivity index (χ3v) is 2.88. The zero-order valence-corrected chi connectivity index (χ0v) is 10.6. The first-order valence-electron chi connectivity index (χ1n) is 4.31. The number of hydrogen-bond acceptors (Lipinski definition) is 2. The van der Waals surface area contributed by atoms with Crippen LogP contribution in [0.25, 0.3) is 5.69 Å². The Balaban J connectivity index is 2.60. The molecule has 1 aromatic heterocycles. The normalized spacial score (nSPS) is 10.6. The molecule has 0 saturated carbocycles. The fourth-order valence-corrected chi connectivity index (χ4v) is 2.04. The highest BCUT2D eigenvalue weighted by Crippen LogP contribution is 2.24. The van der Waals surface area contributed by atoms with Crippen molar-refractivity contribution in [2.24, 2.45) is 0 Å². The van der Waals surface area contributed by atoms with E-state index in [1.165, 1.54) is 0 Å². The Kier molecular flexibility index (Phi) is 3.28. The van der Waals surface area contributed by atoms with Crippen LogP contribution in [0.15, 0.2) is 30.6 Å². The van der Waals surface area contributed by atoms with Gasteiger partial charge in [0, 0.05) is 11.8 Å². The molecule has 3 nitrogen and oxygen atoms in total. The molecule has 0 spiro atoms. The Morgan fingerprint density at radius 3 is 2.87 bits per heavy atom. The predicted molar refractivity (Wildman–Crippen MR) is 67.2 cm³/mol. The second-order valence-electron chi connectivity index (χ2n) is 3.01. The third kappa shape index (κ3) is 2.16. The second kappa shape index (κ2) is 4.51. The molecule has 0 fully saturated rings. The molecule has 2 aromatic rings. The molecular formula is C10H8ClIN2O. The van der Waals surface area contributed by atoms with E-state index in [1.54, 1.807) is 16.9 Å². The van der Waals surface area contributed by atoms with E-state index < -0.39 is 0 Å². The van der Waals surface area contributed by atoms with E-state index in [9.17, 15) is 5.11 Å². The minimum Gasteiger partial charge on any atom is -0.392 e.